The molecule has 0 amide bonds. The minimum absolute atomic E-state index is 0.619. The fourth-order valence-corrected chi connectivity index (χ4v) is 2.58. The summed E-state index contributed by atoms with van der Waals surface area (Å²) < 4.78 is 0. The van der Waals surface area contributed by atoms with Crippen molar-refractivity contribution in [1.29, 1.82) is 5.26 Å². The fraction of sp³-hybridized carbons (Fsp3) is 0.214. The molecule has 1 aromatic carbocycles. The van der Waals surface area contributed by atoms with Crippen molar-refractivity contribution in [3.8, 4) is 6.07 Å². The van der Waals surface area contributed by atoms with Gasteiger partial charge in [0, 0.05) is 4.90 Å². The summed E-state index contributed by atoms with van der Waals surface area (Å²) in [6.45, 7) is 5.81. The number of aromatic nitrogens is 2. The molecule has 1 aromatic heterocycles. The predicted octanol–water partition coefficient (Wildman–Crippen LogP) is 3.42. The van der Waals surface area contributed by atoms with Gasteiger partial charge in [0.2, 0.25) is 0 Å². The van der Waals surface area contributed by atoms with E-state index < -0.39 is 0 Å². The van der Waals surface area contributed by atoms with Crippen LogP contribution in [0.15, 0.2) is 34.2 Å². The van der Waals surface area contributed by atoms with Gasteiger partial charge in [-0.2, -0.15) is 10.4 Å². The summed E-state index contributed by atoms with van der Waals surface area (Å²) in [4.78, 5) is 1.07. The molecule has 0 bridgehead atoms. The smallest absolute Gasteiger partial charge is 0.142 e. The van der Waals surface area contributed by atoms with Crippen LogP contribution in [0, 0.1) is 32.1 Å². The van der Waals surface area contributed by atoms with Gasteiger partial charge in [0.25, 0.3) is 0 Å². The second-order valence-electron chi connectivity index (χ2n) is 4.12. The van der Waals surface area contributed by atoms with Crippen LogP contribution in [0.2, 0.25) is 0 Å². The first kappa shape index (κ1) is 12.6. The Morgan fingerprint density at radius 3 is 2.61 bits per heavy atom. The average Bonchev–Trinajstić information content (AvgIpc) is 2.34. The Hall–Kier alpha value is -1.86. The van der Waals surface area contributed by atoms with Gasteiger partial charge < -0.3 is 0 Å². The molecule has 0 aliphatic heterocycles. The standard InChI is InChI=1S/C14H13N3S/c1-9-5-4-6-12(7-9)18-14-13(8-15)10(2)11(3)16-17-14/h4-7H,1-3H3. The highest BCUT2D eigenvalue weighted by Crippen LogP contribution is 2.30. The third kappa shape index (κ3) is 2.52. The Bertz CT molecular complexity index is 629. The number of benzene rings is 1. The zero-order valence-corrected chi connectivity index (χ0v) is 11.4. The van der Waals surface area contributed by atoms with Gasteiger partial charge in [-0.3, -0.25) is 0 Å². The Balaban J connectivity index is 2.42. The molecule has 0 saturated carbocycles. The molecular formula is C14H13N3S. The van der Waals surface area contributed by atoms with E-state index in [4.69, 9.17) is 0 Å². The highest BCUT2D eigenvalue weighted by molar-refractivity contribution is 7.99. The van der Waals surface area contributed by atoms with E-state index in [1.807, 2.05) is 39.0 Å². The molecule has 2 rings (SSSR count). The first-order chi connectivity index (χ1) is 8.61. The second kappa shape index (κ2) is 5.19. The zero-order chi connectivity index (χ0) is 13.1. The lowest BCUT2D eigenvalue weighted by atomic mass is 10.1. The largest absolute Gasteiger partial charge is 0.192 e. The number of aryl methyl sites for hydroxylation is 2. The van der Waals surface area contributed by atoms with Crippen molar-refractivity contribution in [1.82, 2.24) is 10.2 Å². The van der Waals surface area contributed by atoms with Crippen LogP contribution in [-0.2, 0) is 0 Å². The van der Waals surface area contributed by atoms with Crippen LogP contribution in [-0.4, -0.2) is 10.2 Å². The number of hydrogen-bond acceptors (Lipinski definition) is 4. The monoisotopic (exact) mass is 255 g/mol. The van der Waals surface area contributed by atoms with Crippen molar-refractivity contribution in [3.05, 3.63) is 46.6 Å². The molecule has 3 nitrogen and oxygen atoms in total. The lowest BCUT2D eigenvalue weighted by Crippen LogP contribution is -1.98. The number of hydrogen-bond donors (Lipinski definition) is 0. The van der Waals surface area contributed by atoms with Crippen molar-refractivity contribution in [3.63, 3.8) is 0 Å². The van der Waals surface area contributed by atoms with Gasteiger partial charge in [0.05, 0.1) is 11.3 Å². The maximum absolute atomic E-state index is 9.23. The molecule has 1 heterocycles. The minimum atomic E-state index is 0.619. The third-order valence-electron chi connectivity index (χ3n) is 2.74. The van der Waals surface area contributed by atoms with Crippen molar-refractivity contribution in [2.75, 3.05) is 0 Å². The van der Waals surface area contributed by atoms with Crippen LogP contribution in [0.4, 0.5) is 0 Å². The molecule has 0 atom stereocenters. The van der Waals surface area contributed by atoms with E-state index in [1.54, 1.807) is 0 Å². The van der Waals surface area contributed by atoms with Crippen LogP contribution < -0.4 is 0 Å². The summed E-state index contributed by atoms with van der Waals surface area (Å²) in [7, 11) is 0. The first-order valence-corrected chi connectivity index (χ1v) is 6.42. The lowest BCUT2D eigenvalue weighted by molar-refractivity contribution is 0.871. The van der Waals surface area contributed by atoms with Gasteiger partial charge in [-0.05, 0) is 38.5 Å². The maximum Gasteiger partial charge on any atom is 0.142 e. The van der Waals surface area contributed by atoms with E-state index >= 15 is 0 Å². The molecule has 0 saturated heterocycles. The Kier molecular flexibility index (Phi) is 3.63. The van der Waals surface area contributed by atoms with Crippen LogP contribution in [0.3, 0.4) is 0 Å². The van der Waals surface area contributed by atoms with Gasteiger partial charge in [-0.25, -0.2) is 0 Å². The predicted molar refractivity (Wildman–Crippen MR) is 71.5 cm³/mol. The quantitative estimate of drug-likeness (QED) is 0.825. The van der Waals surface area contributed by atoms with E-state index in [2.05, 4.69) is 22.3 Å². The molecule has 0 unspecified atom stereocenters. The zero-order valence-electron chi connectivity index (χ0n) is 10.6. The summed E-state index contributed by atoms with van der Waals surface area (Å²) >= 11 is 1.48. The Morgan fingerprint density at radius 2 is 1.94 bits per heavy atom. The van der Waals surface area contributed by atoms with Crippen molar-refractivity contribution in [2.45, 2.75) is 30.7 Å². The number of nitrogens with zero attached hydrogens (tertiary/aromatic N) is 3. The highest BCUT2D eigenvalue weighted by atomic mass is 32.2. The normalized spacial score (nSPS) is 10.1. The van der Waals surface area contributed by atoms with Gasteiger partial charge >= 0.3 is 0 Å². The van der Waals surface area contributed by atoms with Gasteiger partial charge in [0.1, 0.15) is 11.1 Å². The molecule has 18 heavy (non-hydrogen) atoms. The van der Waals surface area contributed by atoms with Gasteiger partial charge in [-0.1, -0.05) is 29.5 Å². The van der Waals surface area contributed by atoms with Gasteiger partial charge in [0.15, 0.2) is 0 Å². The number of nitriles is 1. The van der Waals surface area contributed by atoms with Crippen LogP contribution in [0.5, 0.6) is 0 Å². The van der Waals surface area contributed by atoms with Gasteiger partial charge in [-0.15, -0.1) is 5.10 Å². The van der Waals surface area contributed by atoms with Crippen LogP contribution in [0.1, 0.15) is 22.4 Å². The first-order valence-electron chi connectivity index (χ1n) is 5.60. The second-order valence-corrected chi connectivity index (χ2v) is 5.18. The summed E-state index contributed by atoms with van der Waals surface area (Å²) in [5.74, 6) is 0. The molecule has 4 heteroatoms. The summed E-state index contributed by atoms with van der Waals surface area (Å²) in [6, 6.07) is 10.3. The van der Waals surface area contributed by atoms with E-state index in [-0.39, 0.29) is 0 Å². The maximum atomic E-state index is 9.23. The van der Waals surface area contributed by atoms with Crippen molar-refractivity contribution >= 4 is 11.8 Å². The molecule has 0 spiro atoms. The van der Waals surface area contributed by atoms with Crippen molar-refractivity contribution < 1.29 is 0 Å². The average molecular weight is 255 g/mol. The molecule has 0 fully saturated rings. The Morgan fingerprint density at radius 1 is 1.17 bits per heavy atom. The fourth-order valence-electron chi connectivity index (χ4n) is 1.58. The summed E-state index contributed by atoms with van der Waals surface area (Å²) in [5.41, 5.74) is 3.52. The number of rotatable bonds is 2. The molecule has 0 aliphatic rings. The molecule has 0 aliphatic carbocycles. The molecule has 90 valence electrons. The topological polar surface area (TPSA) is 49.6 Å². The van der Waals surface area contributed by atoms with E-state index in [0.717, 1.165) is 16.2 Å². The SMILES string of the molecule is Cc1cccc(Sc2nnc(C)c(C)c2C#N)c1. The minimum Gasteiger partial charge on any atom is -0.192 e. The van der Waals surface area contributed by atoms with Crippen LogP contribution >= 0.6 is 11.8 Å². The van der Waals surface area contributed by atoms with E-state index in [1.165, 1.54) is 17.3 Å². The highest BCUT2D eigenvalue weighted by Gasteiger charge is 2.11. The molecule has 0 radical (unpaired) electrons. The van der Waals surface area contributed by atoms with Crippen LogP contribution in [0.25, 0.3) is 0 Å². The molecule has 2 aromatic rings. The summed E-state index contributed by atoms with van der Waals surface area (Å²) in [6.07, 6.45) is 0. The lowest BCUT2D eigenvalue weighted by Gasteiger charge is -2.06. The van der Waals surface area contributed by atoms with E-state index in [0.29, 0.717) is 10.6 Å². The third-order valence-corrected chi connectivity index (χ3v) is 3.71. The Labute approximate surface area is 111 Å². The van der Waals surface area contributed by atoms with E-state index in [9.17, 15) is 5.26 Å². The molecular weight excluding hydrogens is 242 g/mol. The van der Waals surface area contributed by atoms with Crippen molar-refractivity contribution in [2.24, 2.45) is 0 Å². The molecule has 0 N–H and O–H groups in total. The summed E-state index contributed by atoms with van der Waals surface area (Å²) in [5, 5.41) is 18.1.